The third-order valence-corrected chi connectivity index (χ3v) is 5.31. The molecule has 0 aliphatic carbocycles. The Balaban J connectivity index is 2.21. The third kappa shape index (κ3) is 2.94. The van der Waals surface area contributed by atoms with E-state index in [-0.39, 0.29) is 5.02 Å². The monoisotopic (exact) mass is 348 g/mol. The second-order valence-electron chi connectivity index (χ2n) is 3.99. The van der Waals surface area contributed by atoms with Gasteiger partial charge in [-0.1, -0.05) is 23.7 Å². The minimum Gasteiger partial charge on any atom is -0.387 e. The number of thiophene rings is 1. The molecule has 1 heterocycles. The van der Waals surface area contributed by atoms with Crippen molar-refractivity contribution < 1.29 is 9.50 Å². The zero-order valence-electron chi connectivity index (χ0n) is 9.58. The molecule has 0 radical (unpaired) electrons. The van der Waals surface area contributed by atoms with E-state index in [0.29, 0.717) is 12.0 Å². The summed E-state index contributed by atoms with van der Waals surface area (Å²) >= 11 is 10.8. The number of hydrogen-bond donors (Lipinski definition) is 1. The lowest BCUT2D eigenvalue weighted by Crippen LogP contribution is -2.00. The maximum atomic E-state index is 13.3. The summed E-state index contributed by atoms with van der Waals surface area (Å²) in [5.41, 5.74) is 0.617. The fourth-order valence-corrected chi connectivity index (χ4v) is 3.41. The number of rotatable bonds is 3. The predicted molar refractivity (Wildman–Crippen MR) is 76.8 cm³/mol. The van der Waals surface area contributed by atoms with Gasteiger partial charge in [-0.15, -0.1) is 11.3 Å². The molecule has 1 nitrogen and oxygen atoms in total. The first-order valence-electron chi connectivity index (χ1n) is 5.36. The number of aliphatic hydroxyl groups excluding tert-OH is 1. The van der Waals surface area contributed by atoms with Crippen molar-refractivity contribution in [3.05, 3.63) is 54.9 Å². The largest absolute Gasteiger partial charge is 0.387 e. The van der Waals surface area contributed by atoms with Gasteiger partial charge < -0.3 is 5.11 Å². The first kappa shape index (κ1) is 14.0. The summed E-state index contributed by atoms with van der Waals surface area (Å²) < 4.78 is 14.3. The zero-order chi connectivity index (χ0) is 13.3. The Hall–Kier alpha value is -0.420. The van der Waals surface area contributed by atoms with Crippen LogP contribution in [0.3, 0.4) is 0 Å². The Morgan fingerprint density at radius 3 is 2.83 bits per heavy atom. The van der Waals surface area contributed by atoms with Gasteiger partial charge in [0.15, 0.2) is 0 Å². The molecule has 2 rings (SSSR count). The quantitative estimate of drug-likeness (QED) is 0.836. The van der Waals surface area contributed by atoms with Crippen LogP contribution >= 0.6 is 38.9 Å². The molecule has 5 heteroatoms. The number of halogens is 3. The molecule has 96 valence electrons. The summed E-state index contributed by atoms with van der Waals surface area (Å²) in [7, 11) is 0. The van der Waals surface area contributed by atoms with Gasteiger partial charge in [-0.05, 0) is 40.5 Å². The van der Waals surface area contributed by atoms with Gasteiger partial charge in [-0.3, -0.25) is 0 Å². The van der Waals surface area contributed by atoms with Crippen molar-refractivity contribution in [2.45, 2.75) is 19.4 Å². The molecule has 0 fully saturated rings. The maximum absolute atomic E-state index is 13.3. The molecule has 0 aliphatic heterocycles. The number of hydrogen-bond acceptors (Lipinski definition) is 2. The van der Waals surface area contributed by atoms with Crippen LogP contribution in [0.1, 0.15) is 21.4 Å². The van der Waals surface area contributed by atoms with Crippen molar-refractivity contribution in [2.75, 3.05) is 0 Å². The second-order valence-corrected chi connectivity index (χ2v) is 6.51. The van der Waals surface area contributed by atoms with E-state index >= 15 is 0 Å². The second kappa shape index (κ2) is 5.70. The van der Waals surface area contributed by atoms with Crippen LogP contribution in [0.15, 0.2) is 28.7 Å². The van der Waals surface area contributed by atoms with Crippen LogP contribution in [0.4, 0.5) is 4.39 Å². The SMILES string of the molecule is Cc1sc(C(O)Cc2cccc(F)c2Cl)cc1Br. The summed E-state index contributed by atoms with van der Waals surface area (Å²) in [6.07, 6.45) is -0.359. The minimum atomic E-state index is -0.667. The van der Waals surface area contributed by atoms with Crippen LogP contribution < -0.4 is 0 Å². The molecule has 18 heavy (non-hydrogen) atoms. The molecule has 1 N–H and O–H groups in total. The molecule has 0 aliphatic rings. The molecule has 0 saturated carbocycles. The smallest absolute Gasteiger partial charge is 0.142 e. The van der Waals surface area contributed by atoms with Gasteiger partial charge in [0.2, 0.25) is 0 Å². The fourth-order valence-electron chi connectivity index (χ4n) is 1.66. The highest BCUT2D eigenvalue weighted by Gasteiger charge is 2.15. The predicted octanol–water partition coefficient (Wildman–Crippen LogP) is 4.89. The van der Waals surface area contributed by atoms with E-state index in [2.05, 4.69) is 15.9 Å². The van der Waals surface area contributed by atoms with Crippen LogP contribution in [-0.2, 0) is 6.42 Å². The third-order valence-electron chi connectivity index (χ3n) is 2.65. The van der Waals surface area contributed by atoms with E-state index in [1.54, 1.807) is 12.1 Å². The van der Waals surface area contributed by atoms with Gasteiger partial charge >= 0.3 is 0 Å². The molecule has 1 unspecified atom stereocenters. The topological polar surface area (TPSA) is 20.2 Å². The molecule has 1 aromatic carbocycles. The first-order chi connectivity index (χ1) is 8.49. The molecule has 0 saturated heterocycles. The molecular formula is C13H11BrClFOS. The Morgan fingerprint density at radius 1 is 1.50 bits per heavy atom. The van der Waals surface area contributed by atoms with Crippen LogP contribution in [0.5, 0.6) is 0 Å². The van der Waals surface area contributed by atoms with E-state index in [1.807, 2.05) is 13.0 Å². The number of aliphatic hydroxyl groups is 1. The van der Waals surface area contributed by atoms with Gasteiger partial charge in [0.05, 0.1) is 11.1 Å². The normalized spacial score (nSPS) is 12.7. The Morgan fingerprint density at radius 2 is 2.22 bits per heavy atom. The zero-order valence-corrected chi connectivity index (χ0v) is 12.7. The summed E-state index contributed by atoms with van der Waals surface area (Å²) in [6.45, 7) is 1.97. The van der Waals surface area contributed by atoms with Crippen molar-refractivity contribution in [1.82, 2.24) is 0 Å². The Kier molecular flexibility index (Phi) is 4.43. The standard InChI is InChI=1S/C13H11BrClFOS/c1-7-9(14)6-12(18-7)11(17)5-8-3-2-4-10(16)13(8)15/h2-4,6,11,17H,5H2,1H3. The molecule has 0 amide bonds. The van der Waals surface area contributed by atoms with Gasteiger partial charge in [0.25, 0.3) is 0 Å². The Labute approximate surface area is 122 Å². The lowest BCUT2D eigenvalue weighted by atomic mass is 10.1. The van der Waals surface area contributed by atoms with Crippen LogP contribution in [0, 0.1) is 12.7 Å². The van der Waals surface area contributed by atoms with Gasteiger partial charge in [-0.2, -0.15) is 0 Å². The number of benzene rings is 1. The fraction of sp³-hybridized carbons (Fsp3) is 0.231. The molecule has 1 aromatic heterocycles. The van der Waals surface area contributed by atoms with Crippen molar-refractivity contribution >= 4 is 38.9 Å². The molecule has 0 spiro atoms. The van der Waals surface area contributed by atoms with E-state index in [0.717, 1.165) is 14.2 Å². The van der Waals surface area contributed by atoms with Crippen molar-refractivity contribution in [1.29, 1.82) is 0 Å². The summed E-state index contributed by atoms with van der Waals surface area (Å²) in [4.78, 5) is 1.95. The lowest BCUT2D eigenvalue weighted by Gasteiger charge is -2.10. The average Bonchev–Trinajstić information content (AvgIpc) is 2.66. The molecular weight excluding hydrogens is 339 g/mol. The van der Waals surface area contributed by atoms with Crippen LogP contribution in [0.25, 0.3) is 0 Å². The van der Waals surface area contributed by atoms with E-state index in [9.17, 15) is 9.50 Å². The van der Waals surface area contributed by atoms with Crippen molar-refractivity contribution in [2.24, 2.45) is 0 Å². The van der Waals surface area contributed by atoms with E-state index in [4.69, 9.17) is 11.6 Å². The van der Waals surface area contributed by atoms with Gasteiger partial charge in [0.1, 0.15) is 5.82 Å². The molecule has 1 atom stereocenters. The minimum absolute atomic E-state index is 0.0869. The molecule has 0 bridgehead atoms. The van der Waals surface area contributed by atoms with E-state index < -0.39 is 11.9 Å². The van der Waals surface area contributed by atoms with Gasteiger partial charge in [-0.25, -0.2) is 4.39 Å². The highest BCUT2D eigenvalue weighted by Crippen LogP contribution is 2.33. The highest BCUT2D eigenvalue weighted by molar-refractivity contribution is 9.10. The lowest BCUT2D eigenvalue weighted by molar-refractivity contribution is 0.182. The van der Waals surface area contributed by atoms with Gasteiger partial charge in [0, 0.05) is 20.6 Å². The first-order valence-corrected chi connectivity index (χ1v) is 7.34. The number of aryl methyl sites for hydroxylation is 1. The van der Waals surface area contributed by atoms with E-state index in [1.165, 1.54) is 17.4 Å². The van der Waals surface area contributed by atoms with Crippen molar-refractivity contribution in [3.8, 4) is 0 Å². The highest BCUT2D eigenvalue weighted by atomic mass is 79.9. The average molecular weight is 350 g/mol. The maximum Gasteiger partial charge on any atom is 0.142 e. The summed E-state index contributed by atoms with van der Waals surface area (Å²) in [6, 6.07) is 6.52. The summed E-state index contributed by atoms with van der Waals surface area (Å²) in [5.74, 6) is -0.454. The molecule has 2 aromatic rings. The van der Waals surface area contributed by atoms with Crippen LogP contribution in [-0.4, -0.2) is 5.11 Å². The van der Waals surface area contributed by atoms with Crippen LogP contribution in [0.2, 0.25) is 5.02 Å². The summed E-state index contributed by atoms with van der Waals surface area (Å²) in [5, 5.41) is 10.2. The van der Waals surface area contributed by atoms with Crippen molar-refractivity contribution in [3.63, 3.8) is 0 Å². The Bertz CT molecular complexity index is 551.